The maximum atomic E-state index is 12.6. The van der Waals surface area contributed by atoms with Crippen molar-refractivity contribution in [2.45, 2.75) is 32.0 Å². The standard InChI is InChI=1S/C20H18O7/c1-20(2,25)17-6-11-15(27-17)8-16-18(19(11)24)13(23)7-14(26-16)10-4-3-9(21)5-12(10)22/h3-5,7-8,17,21-22,24-25H,6H2,1-2H3. The highest BCUT2D eigenvalue weighted by molar-refractivity contribution is 5.88. The van der Waals surface area contributed by atoms with E-state index in [0.29, 0.717) is 11.3 Å². The van der Waals surface area contributed by atoms with Crippen LogP contribution in [-0.2, 0) is 6.42 Å². The van der Waals surface area contributed by atoms with Gasteiger partial charge in [-0.15, -0.1) is 0 Å². The molecular weight excluding hydrogens is 352 g/mol. The van der Waals surface area contributed by atoms with Crippen molar-refractivity contribution in [1.82, 2.24) is 0 Å². The van der Waals surface area contributed by atoms with Crippen LogP contribution in [0.2, 0.25) is 0 Å². The van der Waals surface area contributed by atoms with Gasteiger partial charge >= 0.3 is 0 Å². The van der Waals surface area contributed by atoms with Gasteiger partial charge in [-0.2, -0.15) is 0 Å². The Morgan fingerprint density at radius 2 is 1.85 bits per heavy atom. The van der Waals surface area contributed by atoms with Crippen LogP contribution in [0, 0.1) is 0 Å². The number of ether oxygens (including phenoxy) is 1. The third-order valence-corrected chi connectivity index (χ3v) is 4.75. The summed E-state index contributed by atoms with van der Waals surface area (Å²) in [6, 6.07) is 6.58. The number of hydrogen-bond donors (Lipinski definition) is 4. The minimum absolute atomic E-state index is 0.00997. The van der Waals surface area contributed by atoms with E-state index in [1.807, 2.05) is 0 Å². The average Bonchev–Trinajstić information content (AvgIpc) is 2.99. The lowest BCUT2D eigenvalue weighted by molar-refractivity contribution is -0.0229. The first-order valence-electron chi connectivity index (χ1n) is 8.39. The fourth-order valence-electron chi connectivity index (χ4n) is 3.26. The van der Waals surface area contributed by atoms with Gasteiger partial charge in [-0.1, -0.05) is 0 Å². The van der Waals surface area contributed by atoms with Gasteiger partial charge in [0.15, 0.2) is 5.43 Å². The van der Waals surface area contributed by atoms with Crippen LogP contribution in [0.5, 0.6) is 23.0 Å². The van der Waals surface area contributed by atoms with Gasteiger partial charge in [0, 0.05) is 30.2 Å². The third-order valence-electron chi connectivity index (χ3n) is 4.75. The summed E-state index contributed by atoms with van der Waals surface area (Å²) in [7, 11) is 0. The number of aliphatic hydroxyl groups is 1. The van der Waals surface area contributed by atoms with Crippen molar-refractivity contribution < 1.29 is 29.6 Å². The van der Waals surface area contributed by atoms with Gasteiger partial charge in [-0.25, -0.2) is 0 Å². The number of hydrogen-bond acceptors (Lipinski definition) is 7. The molecule has 2 heterocycles. The number of phenolic OH excluding ortho intramolecular Hbond substituents is 3. The molecule has 1 aromatic heterocycles. The zero-order valence-corrected chi connectivity index (χ0v) is 14.7. The van der Waals surface area contributed by atoms with Crippen LogP contribution in [0.4, 0.5) is 0 Å². The summed E-state index contributed by atoms with van der Waals surface area (Å²) in [5.74, 6) is -0.185. The molecule has 0 fully saturated rings. The summed E-state index contributed by atoms with van der Waals surface area (Å²) in [4.78, 5) is 12.6. The second kappa shape index (κ2) is 5.65. The fraction of sp³-hybridized carbons (Fsp3) is 0.250. The summed E-state index contributed by atoms with van der Waals surface area (Å²) >= 11 is 0. The molecule has 3 aromatic rings. The molecule has 140 valence electrons. The number of benzene rings is 2. The Morgan fingerprint density at radius 1 is 1.11 bits per heavy atom. The Kier molecular flexibility index (Phi) is 3.61. The van der Waals surface area contributed by atoms with Gasteiger partial charge in [0.25, 0.3) is 0 Å². The molecule has 0 spiro atoms. The summed E-state index contributed by atoms with van der Waals surface area (Å²) < 4.78 is 11.5. The number of rotatable bonds is 2. The Labute approximate surface area is 153 Å². The molecule has 0 radical (unpaired) electrons. The maximum absolute atomic E-state index is 12.6. The van der Waals surface area contributed by atoms with Crippen molar-refractivity contribution in [2.75, 3.05) is 0 Å². The molecule has 0 saturated carbocycles. The Morgan fingerprint density at radius 3 is 2.52 bits per heavy atom. The van der Waals surface area contributed by atoms with Crippen molar-refractivity contribution in [2.24, 2.45) is 0 Å². The minimum atomic E-state index is -1.13. The lowest BCUT2D eigenvalue weighted by Crippen LogP contribution is -2.39. The molecule has 0 saturated heterocycles. The summed E-state index contributed by atoms with van der Waals surface area (Å²) in [5, 5.41) is 40.2. The Bertz CT molecular complexity index is 1120. The van der Waals surface area contributed by atoms with Crippen LogP contribution < -0.4 is 10.2 Å². The molecule has 4 rings (SSSR count). The van der Waals surface area contributed by atoms with Gasteiger partial charge < -0.3 is 29.6 Å². The molecule has 0 bridgehead atoms. The largest absolute Gasteiger partial charge is 0.508 e. The summed E-state index contributed by atoms with van der Waals surface area (Å²) in [6.07, 6.45) is -0.300. The van der Waals surface area contributed by atoms with Gasteiger partial charge in [0.05, 0.1) is 11.2 Å². The molecule has 0 amide bonds. The first-order chi connectivity index (χ1) is 12.6. The van der Waals surface area contributed by atoms with Gasteiger partial charge in [0.1, 0.15) is 45.8 Å². The van der Waals surface area contributed by atoms with E-state index in [-0.39, 0.29) is 46.0 Å². The zero-order chi connectivity index (χ0) is 19.5. The van der Waals surface area contributed by atoms with Crippen molar-refractivity contribution in [3.63, 3.8) is 0 Å². The molecule has 1 aliphatic heterocycles. The van der Waals surface area contributed by atoms with E-state index in [2.05, 4.69) is 0 Å². The average molecular weight is 370 g/mol. The highest BCUT2D eigenvalue weighted by Crippen LogP contribution is 2.43. The Balaban J connectivity index is 1.90. The number of fused-ring (bicyclic) bond motifs is 2. The predicted octanol–water partition coefficient (Wildman–Crippen LogP) is 2.65. The van der Waals surface area contributed by atoms with Gasteiger partial charge in [-0.3, -0.25) is 4.79 Å². The summed E-state index contributed by atoms with van der Waals surface area (Å²) in [5.41, 5.74) is -0.842. The maximum Gasteiger partial charge on any atom is 0.197 e. The van der Waals surface area contributed by atoms with E-state index in [4.69, 9.17) is 9.15 Å². The second-order valence-electron chi connectivity index (χ2n) is 7.22. The first-order valence-corrected chi connectivity index (χ1v) is 8.39. The monoisotopic (exact) mass is 370 g/mol. The Hall–Kier alpha value is -3.19. The zero-order valence-electron chi connectivity index (χ0n) is 14.7. The van der Waals surface area contributed by atoms with E-state index < -0.39 is 17.1 Å². The normalized spacial score (nSPS) is 16.3. The van der Waals surface area contributed by atoms with E-state index >= 15 is 0 Å². The van der Waals surface area contributed by atoms with Crippen molar-refractivity contribution in [3.8, 4) is 34.3 Å². The van der Waals surface area contributed by atoms with Crippen LogP contribution in [0.1, 0.15) is 19.4 Å². The summed E-state index contributed by atoms with van der Waals surface area (Å²) in [6.45, 7) is 3.21. The fourth-order valence-corrected chi connectivity index (χ4v) is 3.26. The molecule has 7 nitrogen and oxygen atoms in total. The van der Waals surface area contributed by atoms with Crippen molar-refractivity contribution in [3.05, 3.63) is 46.1 Å². The molecule has 2 aromatic carbocycles. The van der Waals surface area contributed by atoms with E-state index in [1.54, 1.807) is 13.8 Å². The minimum Gasteiger partial charge on any atom is -0.508 e. The first kappa shape index (κ1) is 17.2. The SMILES string of the molecule is CC(C)(O)C1Cc2c(cc3oc(-c4ccc(O)cc4O)cc(=O)c3c2O)O1. The van der Waals surface area contributed by atoms with Gasteiger partial charge in [-0.05, 0) is 26.0 Å². The highest BCUT2D eigenvalue weighted by atomic mass is 16.5. The third kappa shape index (κ3) is 2.76. The van der Waals surface area contributed by atoms with E-state index in [0.717, 1.165) is 6.07 Å². The van der Waals surface area contributed by atoms with Crippen LogP contribution in [0.25, 0.3) is 22.3 Å². The molecule has 7 heteroatoms. The molecule has 0 aliphatic carbocycles. The van der Waals surface area contributed by atoms with E-state index in [1.165, 1.54) is 24.3 Å². The highest BCUT2D eigenvalue weighted by Gasteiger charge is 2.37. The number of aromatic hydroxyl groups is 3. The van der Waals surface area contributed by atoms with Crippen LogP contribution in [0.15, 0.2) is 39.5 Å². The molecule has 1 unspecified atom stereocenters. The quantitative estimate of drug-likeness (QED) is 0.547. The van der Waals surface area contributed by atoms with Crippen molar-refractivity contribution >= 4 is 11.0 Å². The smallest absolute Gasteiger partial charge is 0.197 e. The molecule has 27 heavy (non-hydrogen) atoms. The second-order valence-corrected chi connectivity index (χ2v) is 7.22. The number of phenols is 3. The van der Waals surface area contributed by atoms with Crippen LogP contribution in [0.3, 0.4) is 0 Å². The van der Waals surface area contributed by atoms with Crippen LogP contribution >= 0.6 is 0 Å². The van der Waals surface area contributed by atoms with Crippen molar-refractivity contribution in [1.29, 1.82) is 0 Å². The van der Waals surface area contributed by atoms with Gasteiger partial charge in [0.2, 0.25) is 0 Å². The molecule has 1 atom stereocenters. The predicted molar refractivity (Wildman–Crippen MR) is 97.3 cm³/mol. The molecule has 1 aliphatic rings. The molecular formula is C20H18O7. The van der Waals surface area contributed by atoms with Crippen LogP contribution in [-0.4, -0.2) is 32.1 Å². The topological polar surface area (TPSA) is 120 Å². The van der Waals surface area contributed by atoms with E-state index in [9.17, 15) is 25.2 Å². The lowest BCUT2D eigenvalue weighted by atomic mass is 9.96. The molecule has 4 N–H and O–H groups in total. The lowest BCUT2D eigenvalue weighted by Gasteiger charge is -2.24.